The Morgan fingerprint density at radius 2 is 2.44 bits per heavy atom. The second kappa shape index (κ2) is 4.05. The summed E-state index contributed by atoms with van der Waals surface area (Å²) in [6.45, 7) is 1.52. The zero-order valence-corrected chi connectivity index (χ0v) is 9.06. The molecule has 2 atom stereocenters. The second-order valence-electron chi connectivity index (χ2n) is 3.18. The van der Waals surface area contributed by atoms with E-state index in [1.165, 1.54) is 13.1 Å². The van der Waals surface area contributed by atoms with Gasteiger partial charge in [-0.25, -0.2) is 4.99 Å². The molecule has 0 saturated carbocycles. The van der Waals surface area contributed by atoms with Crippen LogP contribution in [0, 0.1) is 0 Å². The van der Waals surface area contributed by atoms with E-state index in [2.05, 4.69) is 20.5 Å². The van der Waals surface area contributed by atoms with Crippen LogP contribution in [0.2, 0.25) is 0 Å². The highest BCUT2D eigenvalue weighted by Crippen LogP contribution is 2.23. The van der Waals surface area contributed by atoms with Crippen molar-refractivity contribution in [3.8, 4) is 0 Å². The van der Waals surface area contributed by atoms with Crippen LogP contribution in [0.4, 0.5) is 0 Å². The molecular formula is C8H8N4O3S. The molecule has 0 bridgehead atoms. The number of carbonyl (C=O) groups excluding carboxylic acids is 1. The fraction of sp³-hybridized carbons (Fsp3) is 0.375. The first-order chi connectivity index (χ1) is 7.58. The number of carbonyl (C=O) groups is 2. The molecular weight excluding hydrogens is 232 g/mol. The third-order valence-corrected chi connectivity index (χ3v) is 3.00. The number of aliphatic imine (C=N–C) groups is 1. The minimum absolute atomic E-state index is 0.267. The van der Waals surface area contributed by atoms with Crippen LogP contribution >= 0.6 is 11.8 Å². The molecule has 0 fully saturated rings. The lowest BCUT2D eigenvalue weighted by molar-refractivity contribution is -0.136. The van der Waals surface area contributed by atoms with E-state index in [4.69, 9.17) is 5.11 Å². The lowest BCUT2D eigenvalue weighted by Crippen LogP contribution is -2.38. The van der Waals surface area contributed by atoms with Crippen molar-refractivity contribution in [2.24, 2.45) is 15.2 Å². The van der Waals surface area contributed by atoms with E-state index >= 15 is 0 Å². The lowest BCUT2D eigenvalue weighted by Gasteiger charge is -2.18. The molecule has 0 radical (unpaired) electrons. The fourth-order valence-electron chi connectivity index (χ4n) is 1.15. The number of amidine groups is 1. The van der Waals surface area contributed by atoms with E-state index < -0.39 is 17.4 Å². The van der Waals surface area contributed by atoms with E-state index in [9.17, 15) is 9.59 Å². The summed E-state index contributed by atoms with van der Waals surface area (Å²) in [6.07, 6.45) is 0.739. The van der Waals surface area contributed by atoms with Crippen LogP contribution in [0.5, 0.6) is 0 Å². The van der Waals surface area contributed by atoms with E-state index in [0.29, 0.717) is 5.57 Å². The van der Waals surface area contributed by atoms with Crippen molar-refractivity contribution in [3.05, 3.63) is 11.8 Å². The van der Waals surface area contributed by atoms with E-state index in [1.807, 2.05) is 0 Å². The zero-order valence-electron chi connectivity index (χ0n) is 8.25. The molecule has 16 heavy (non-hydrogen) atoms. The maximum absolute atomic E-state index is 11.5. The Kier molecular flexibility index (Phi) is 2.73. The Balaban J connectivity index is 2.13. The van der Waals surface area contributed by atoms with Gasteiger partial charge < -0.3 is 10.4 Å². The summed E-state index contributed by atoms with van der Waals surface area (Å²) in [5.74, 6) is -1.29. The van der Waals surface area contributed by atoms with Gasteiger partial charge in [-0.3, -0.25) is 9.59 Å². The lowest BCUT2D eigenvalue weighted by atomic mass is 10.2. The quantitative estimate of drug-likeness (QED) is 0.726. The van der Waals surface area contributed by atoms with Gasteiger partial charge in [-0.1, -0.05) is 11.8 Å². The van der Waals surface area contributed by atoms with Gasteiger partial charge >= 0.3 is 5.97 Å². The molecule has 8 heteroatoms. The number of rotatable bonds is 2. The highest BCUT2D eigenvalue weighted by Gasteiger charge is 2.31. The molecule has 1 amide bonds. The van der Waals surface area contributed by atoms with Crippen molar-refractivity contribution < 1.29 is 14.7 Å². The van der Waals surface area contributed by atoms with Gasteiger partial charge in [-0.2, -0.15) is 10.2 Å². The maximum Gasteiger partial charge on any atom is 0.316 e. The Morgan fingerprint density at radius 1 is 1.69 bits per heavy atom. The predicted octanol–water partition coefficient (Wildman–Crippen LogP) is 0.354. The van der Waals surface area contributed by atoms with Crippen LogP contribution in [-0.2, 0) is 9.59 Å². The highest BCUT2D eigenvalue weighted by molar-refractivity contribution is 8.14. The number of fused-ring (bicyclic) bond motifs is 1. The van der Waals surface area contributed by atoms with Gasteiger partial charge in [0.1, 0.15) is 5.25 Å². The summed E-state index contributed by atoms with van der Waals surface area (Å²) in [4.78, 5) is 26.2. The number of nitrogens with zero attached hydrogens (tertiary/aromatic N) is 3. The molecule has 2 N–H and O–H groups in total. The van der Waals surface area contributed by atoms with E-state index in [0.717, 1.165) is 11.8 Å². The van der Waals surface area contributed by atoms with Gasteiger partial charge in [0.25, 0.3) is 5.91 Å². The van der Waals surface area contributed by atoms with E-state index in [1.54, 1.807) is 0 Å². The van der Waals surface area contributed by atoms with Gasteiger partial charge in [-0.05, 0) is 6.92 Å². The predicted molar refractivity (Wildman–Crippen MR) is 57.0 cm³/mol. The Hall–Kier alpha value is -1.70. The summed E-state index contributed by atoms with van der Waals surface area (Å²) in [5.41, 5.74) is 0.382. The first-order valence-corrected chi connectivity index (χ1v) is 5.34. The number of azo groups is 1. The van der Waals surface area contributed by atoms with Crippen LogP contribution in [0.3, 0.4) is 0 Å². The van der Waals surface area contributed by atoms with Crippen LogP contribution in [0.15, 0.2) is 27.0 Å². The molecule has 2 heterocycles. The number of nitrogens with one attached hydrogen (secondary N) is 1. The average molecular weight is 240 g/mol. The van der Waals surface area contributed by atoms with Crippen molar-refractivity contribution in [3.63, 3.8) is 0 Å². The molecule has 0 spiro atoms. The molecule has 84 valence electrons. The summed E-state index contributed by atoms with van der Waals surface area (Å²) in [7, 11) is 0. The minimum atomic E-state index is -0.962. The summed E-state index contributed by atoms with van der Waals surface area (Å²) in [5, 5.41) is 18.1. The molecule has 0 aromatic rings. The first-order valence-electron chi connectivity index (χ1n) is 4.46. The smallest absolute Gasteiger partial charge is 0.316 e. The van der Waals surface area contributed by atoms with E-state index in [-0.39, 0.29) is 11.1 Å². The molecule has 0 aromatic heterocycles. The Bertz CT molecular complexity index is 443. The van der Waals surface area contributed by atoms with Crippen molar-refractivity contribution in [2.45, 2.75) is 18.3 Å². The van der Waals surface area contributed by atoms with Gasteiger partial charge in [0.2, 0.25) is 0 Å². The largest absolute Gasteiger partial charge is 0.480 e. The molecule has 0 aromatic carbocycles. The summed E-state index contributed by atoms with van der Waals surface area (Å²) < 4.78 is 0. The van der Waals surface area contributed by atoms with Gasteiger partial charge in [-0.15, -0.1) is 0 Å². The number of carboxylic acids is 1. The third kappa shape index (κ3) is 1.96. The number of thioether (sulfide) groups is 1. The van der Waals surface area contributed by atoms with Crippen molar-refractivity contribution in [1.29, 1.82) is 0 Å². The average Bonchev–Trinajstić information content (AvgIpc) is 2.65. The van der Waals surface area contributed by atoms with Crippen LogP contribution in [0.25, 0.3) is 0 Å². The highest BCUT2D eigenvalue weighted by atomic mass is 32.2. The number of hydrogen-bond donors (Lipinski definition) is 2. The second-order valence-corrected chi connectivity index (χ2v) is 4.51. The van der Waals surface area contributed by atoms with Crippen LogP contribution < -0.4 is 5.32 Å². The zero-order chi connectivity index (χ0) is 11.7. The Labute approximate surface area is 94.7 Å². The normalized spacial score (nSPS) is 24.3. The number of amides is 1. The molecule has 2 unspecified atom stereocenters. The molecule has 2 aliphatic rings. The van der Waals surface area contributed by atoms with Gasteiger partial charge in [0, 0.05) is 0 Å². The van der Waals surface area contributed by atoms with Crippen molar-refractivity contribution >= 4 is 28.8 Å². The van der Waals surface area contributed by atoms with Crippen molar-refractivity contribution in [1.82, 2.24) is 5.32 Å². The first kappa shape index (κ1) is 10.8. The third-order valence-electron chi connectivity index (χ3n) is 2.01. The molecule has 2 aliphatic heterocycles. The summed E-state index contributed by atoms with van der Waals surface area (Å²) in [6, 6.07) is 0. The molecule has 2 rings (SSSR count). The number of carboxylic acid groups (broad SMARTS) is 1. The number of aliphatic carboxylic acids is 1. The van der Waals surface area contributed by atoms with Crippen LogP contribution in [0.1, 0.15) is 6.92 Å². The SMILES string of the molecule is CC(SC1=NC2N=NC=C2C(=O)N1)C(=O)O. The molecule has 0 aliphatic carbocycles. The maximum atomic E-state index is 11.5. The van der Waals surface area contributed by atoms with Gasteiger partial charge in [0.15, 0.2) is 11.3 Å². The van der Waals surface area contributed by atoms with Crippen LogP contribution in [-0.4, -0.2) is 33.6 Å². The minimum Gasteiger partial charge on any atom is -0.480 e. The number of hydrogen-bond acceptors (Lipinski definition) is 6. The van der Waals surface area contributed by atoms with Gasteiger partial charge in [0.05, 0.1) is 11.8 Å². The Morgan fingerprint density at radius 3 is 3.12 bits per heavy atom. The molecule has 0 saturated heterocycles. The summed E-state index contributed by atoms with van der Waals surface area (Å²) >= 11 is 0.971. The standard InChI is InChI=1S/C8H8N4O3S/c1-3(7(14)15)16-8-10-5-4(2-9-12-5)6(13)11-8/h2-3,5H,1H3,(H,14,15)(H,10,11,13). The fourth-order valence-corrected chi connectivity index (χ4v) is 1.90. The van der Waals surface area contributed by atoms with Crippen molar-refractivity contribution in [2.75, 3.05) is 0 Å². The molecule has 7 nitrogen and oxygen atoms in total. The topological polar surface area (TPSA) is 103 Å². The monoisotopic (exact) mass is 240 g/mol.